The Hall–Kier alpha value is -1.35. The highest BCUT2D eigenvalue weighted by atomic mass is 16.1. The number of benzene rings is 1. The summed E-state index contributed by atoms with van der Waals surface area (Å²) < 4.78 is 0. The molecule has 2 aliphatic heterocycles. The minimum atomic E-state index is 0.263. The van der Waals surface area contributed by atoms with Crippen LogP contribution in [0.5, 0.6) is 0 Å². The lowest BCUT2D eigenvalue weighted by atomic mass is 9.91. The predicted octanol–water partition coefficient (Wildman–Crippen LogP) is 3.20. The van der Waals surface area contributed by atoms with Gasteiger partial charge in [0.2, 0.25) is 0 Å². The molecule has 1 aromatic carbocycles. The van der Waals surface area contributed by atoms with Crippen LogP contribution in [0.3, 0.4) is 0 Å². The first kappa shape index (κ1) is 14.6. The Balaban J connectivity index is 1.67. The average molecular weight is 286 g/mol. The number of piperidine rings is 1. The van der Waals surface area contributed by atoms with E-state index < -0.39 is 0 Å². The van der Waals surface area contributed by atoms with Crippen molar-refractivity contribution in [3.05, 3.63) is 29.3 Å². The molecule has 2 aliphatic rings. The largest absolute Gasteiger partial charge is 0.382 e. The minimum Gasteiger partial charge on any atom is -0.382 e. The first-order chi connectivity index (χ1) is 10.0. The number of hydrogen-bond acceptors (Lipinski definition) is 3. The summed E-state index contributed by atoms with van der Waals surface area (Å²) in [6, 6.07) is 6.61. The number of Topliss-reactive ketones (excluding diaryl/α,β-unsaturated/α-hetero) is 1. The van der Waals surface area contributed by atoms with Crippen molar-refractivity contribution in [2.24, 2.45) is 11.8 Å². The van der Waals surface area contributed by atoms with Crippen molar-refractivity contribution in [2.75, 3.05) is 25.0 Å². The number of ketones is 1. The van der Waals surface area contributed by atoms with E-state index in [1.807, 2.05) is 6.07 Å². The summed E-state index contributed by atoms with van der Waals surface area (Å²) >= 11 is 0. The Kier molecular flexibility index (Phi) is 4.03. The van der Waals surface area contributed by atoms with Crippen molar-refractivity contribution in [3.8, 4) is 0 Å². The molecule has 1 saturated heterocycles. The molecule has 114 valence electrons. The van der Waals surface area contributed by atoms with Crippen LogP contribution < -0.4 is 5.32 Å². The van der Waals surface area contributed by atoms with Gasteiger partial charge in [0.25, 0.3) is 0 Å². The van der Waals surface area contributed by atoms with E-state index in [9.17, 15) is 4.79 Å². The second kappa shape index (κ2) is 5.80. The zero-order valence-electron chi connectivity index (χ0n) is 13.4. The van der Waals surface area contributed by atoms with E-state index in [0.717, 1.165) is 25.1 Å². The first-order valence-corrected chi connectivity index (χ1v) is 8.16. The highest BCUT2D eigenvalue weighted by Crippen LogP contribution is 2.27. The topological polar surface area (TPSA) is 32.3 Å². The highest BCUT2D eigenvalue weighted by molar-refractivity contribution is 5.98. The van der Waals surface area contributed by atoms with Gasteiger partial charge in [-0.05, 0) is 55.4 Å². The van der Waals surface area contributed by atoms with Crippen molar-refractivity contribution in [1.29, 1.82) is 0 Å². The van der Waals surface area contributed by atoms with E-state index in [1.165, 1.54) is 17.7 Å². The van der Waals surface area contributed by atoms with Crippen LogP contribution in [0.25, 0.3) is 0 Å². The Labute approximate surface area is 127 Å². The summed E-state index contributed by atoms with van der Waals surface area (Å²) in [6.07, 6.45) is 2.31. The third-order valence-electron chi connectivity index (χ3n) is 4.67. The normalized spacial score (nSPS) is 29.0. The van der Waals surface area contributed by atoms with Crippen LogP contribution in [0.1, 0.15) is 43.1 Å². The number of carbonyl (C=O) groups excluding carboxylic acids is 1. The Bertz CT molecular complexity index is 530. The molecule has 0 amide bonds. The van der Waals surface area contributed by atoms with Gasteiger partial charge < -0.3 is 5.32 Å². The van der Waals surface area contributed by atoms with Gasteiger partial charge in [-0.1, -0.05) is 13.8 Å². The van der Waals surface area contributed by atoms with E-state index in [2.05, 4.69) is 43.1 Å². The Morgan fingerprint density at radius 3 is 2.67 bits per heavy atom. The average Bonchev–Trinajstić information content (AvgIpc) is 2.76. The summed E-state index contributed by atoms with van der Waals surface area (Å²) in [5, 5.41) is 3.43. The molecule has 1 fully saturated rings. The zero-order chi connectivity index (χ0) is 15.0. The molecule has 3 rings (SSSR count). The Morgan fingerprint density at radius 1 is 1.24 bits per heavy atom. The molecule has 0 radical (unpaired) electrons. The fourth-order valence-corrected chi connectivity index (χ4v) is 3.94. The fourth-order valence-electron chi connectivity index (χ4n) is 3.94. The van der Waals surface area contributed by atoms with Gasteiger partial charge in [-0.3, -0.25) is 9.69 Å². The van der Waals surface area contributed by atoms with Crippen LogP contribution in [-0.2, 0) is 6.42 Å². The molecule has 21 heavy (non-hydrogen) atoms. The van der Waals surface area contributed by atoms with Crippen molar-refractivity contribution in [2.45, 2.75) is 39.7 Å². The van der Waals surface area contributed by atoms with Crippen molar-refractivity contribution < 1.29 is 4.79 Å². The molecule has 0 saturated carbocycles. The number of likely N-dealkylation sites (tertiary alicyclic amines) is 1. The number of rotatable bonds is 3. The van der Waals surface area contributed by atoms with E-state index in [4.69, 9.17) is 0 Å². The molecule has 3 heteroatoms. The minimum absolute atomic E-state index is 0.263. The van der Waals surface area contributed by atoms with Crippen LogP contribution in [0.15, 0.2) is 18.2 Å². The van der Waals surface area contributed by atoms with E-state index in [1.54, 1.807) is 0 Å². The number of fused-ring (bicyclic) bond motifs is 1. The molecule has 1 N–H and O–H groups in total. The monoisotopic (exact) mass is 286 g/mol. The molecule has 0 bridgehead atoms. The lowest BCUT2D eigenvalue weighted by Crippen LogP contribution is -2.41. The molecular formula is C18H26N2O. The number of carbonyl (C=O) groups is 1. The number of nitrogens with one attached hydrogen (secondary N) is 1. The highest BCUT2D eigenvalue weighted by Gasteiger charge is 2.24. The quantitative estimate of drug-likeness (QED) is 0.866. The fraction of sp³-hybridized carbons (Fsp3) is 0.611. The molecule has 0 aliphatic carbocycles. The molecular weight excluding hydrogens is 260 g/mol. The van der Waals surface area contributed by atoms with Crippen molar-refractivity contribution in [1.82, 2.24) is 4.90 Å². The third kappa shape index (κ3) is 3.29. The maximum absolute atomic E-state index is 12.5. The molecule has 3 unspecified atom stereocenters. The molecule has 3 atom stereocenters. The van der Waals surface area contributed by atoms with Crippen LogP contribution in [-0.4, -0.2) is 36.4 Å². The van der Waals surface area contributed by atoms with Crippen LogP contribution in [0.4, 0.5) is 5.69 Å². The summed E-state index contributed by atoms with van der Waals surface area (Å²) in [4.78, 5) is 14.9. The van der Waals surface area contributed by atoms with Gasteiger partial charge in [0.1, 0.15) is 0 Å². The van der Waals surface area contributed by atoms with Gasteiger partial charge in [-0.15, -0.1) is 0 Å². The maximum Gasteiger partial charge on any atom is 0.176 e. The SMILES string of the molecule is CC1CC(C)CN(CC(=O)c2ccc3c(c2)CC(C)N3)C1. The summed E-state index contributed by atoms with van der Waals surface area (Å²) in [5.74, 6) is 1.66. The molecule has 1 aromatic rings. The first-order valence-electron chi connectivity index (χ1n) is 8.16. The second-order valence-electron chi connectivity index (χ2n) is 7.18. The predicted molar refractivity (Wildman–Crippen MR) is 86.9 cm³/mol. The standard InChI is InChI=1S/C18H26N2O/c1-12-6-13(2)10-20(9-12)11-18(21)15-4-5-17-16(8-15)7-14(3)19-17/h4-5,8,12-14,19H,6-7,9-11H2,1-3H3. The molecule has 0 spiro atoms. The van der Waals surface area contributed by atoms with Gasteiger partial charge in [0, 0.05) is 30.4 Å². The number of nitrogens with zero attached hydrogens (tertiary/aromatic N) is 1. The Morgan fingerprint density at radius 2 is 1.95 bits per heavy atom. The summed E-state index contributed by atoms with van der Waals surface area (Å²) in [5.41, 5.74) is 3.35. The van der Waals surface area contributed by atoms with E-state index in [0.29, 0.717) is 24.4 Å². The van der Waals surface area contributed by atoms with E-state index >= 15 is 0 Å². The molecule has 2 heterocycles. The smallest absolute Gasteiger partial charge is 0.176 e. The summed E-state index contributed by atoms with van der Waals surface area (Å²) in [6.45, 7) is 9.43. The third-order valence-corrected chi connectivity index (χ3v) is 4.67. The second-order valence-corrected chi connectivity index (χ2v) is 7.18. The lowest BCUT2D eigenvalue weighted by molar-refractivity contribution is 0.0849. The maximum atomic E-state index is 12.5. The van der Waals surface area contributed by atoms with Gasteiger partial charge >= 0.3 is 0 Å². The zero-order valence-corrected chi connectivity index (χ0v) is 13.4. The van der Waals surface area contributed by atoms with Crippen molar-refractivity contribution >= 4 is 11.5 Å². The van der Waals surface area contributed by atoms with Crippen LogP contribution in [0.2, 0.25) is 0 Å². The van der Waals surface area contributed by atoms with Crippen LogP contribution >= 0.6 is 0 Å². The number of anilines is 1. The molecule has 0 aromatic heterocycles. The van der Waals surface area contributed by atoms with E-state index in [-0.39, 0.29) is 5.78 Å². The van der Waals surface area contributed by atoms with Crippen LogP contribution in [0, 0.1) is 11.8 Å². The van der Waals surface area contributed by atoms with Gasteiger partial charge in [0.15, 0.2) is 5.78 Å². The lowest BCUT2D eigenvalue weighted by Gasteiger charge is -2.34. The summed E-state index contributed by atoms with van der Waals surface area (Å²) in [7, 11) is 0. The number of hydrogen-bond donors (Lipinski definition) is 1. The van der Waals surface area contributed by atoms with Gasteiger partial charge in [-0.25, -0.2) is 0 Å². The van der Waals surface area contributed by atoms with Gasteiger partial charge in [0.05, 0.1) is 6.54 Å². The van der Waals surface area contributed by atoms with Crippen molar-refractivity contribution in [3.63, 3.8) is 0 Å². The van der Waals surface area contributed by atoms with Gasteiger partial charge in [-0.2, -0.15) is 0 Å². The molecule has 3 nitrogen and oxygen atoms in total.